The van der Waals surface area contributed by atoms with Gasteiger partial charge in [0.1, 0.15) is 5.75 Å². The molecule has 2 aromatic rings. The third kappa shape index (κ3) is 5.39. The molecule has 0 radical (unpaired) electrons. The van der Waals surface area contributed by atoms with Gasteiger partial charge in [0.2, 0.25) is 0 Å². The van der Waals surface area contributed by atoms with Gasteiger partial charge < -0.3 is 19.5 Å². The molecule has 1 fully saturated rings. The van der Waals surface area contributed by atoms with Gasteiger partial charge in [-0.3, -0.25) is 4.79 Å². The Morgan fingerprint density at radius 3 is 2.58 bits per heavy atom. The van der Waals surface area contributed by atoms with Crippen LogP contribution in [-0.4, -0.2) is 40.5 Å². The molecular formula is C22H26F3N3O3. The molecule has 0 spiro atoms. The van der Waals surface area contributed by atoms with E-state index in [2.05, 4.69) is 35.6 Å². The van der Waals surface area contributed by atoms with Crippen molar-refractivity contribution in [3.05, 3.63) is 48.3 Å². The number of carbonyl (C=O) groups excluding carboxylic acids is 1. The van der Waals surface area contributed by atoms with Crippen LogP contribution in [0.5, 0.6) is 5.75 Å². The average Bonchev–Trinajstić information content (AvgIpc) is 3.12. The number of benzene rings is 1. The maximum atomic E-state index is 13.3. The second-order valence-electron chi connectivity index (χ2n) is 8.68. The summed E-state index contributed by atoms with van der Waals surface area (Å²) in [5, 5.41) is 7.28. The molecule has 1 saturated heterocycles. The number of hydrogen-bond donors (Lipinski definition) is 1. The van der Waals surface area contributed by atoms with E-state index in [1.54, 1.807) is 4.90 Å². The minimum absolute atomic E-state index is 0.0792. The van der Waals surface area contributed by atoms with Gasteiger partial charge in [-0.2, -0.15) is 0 Å². The summed E-state index contributed by atoms with van der Waals surface area (Å²) in [5.74, 6) is 0.0205. The Morgan fingerprint density at radius 2 is 2.00 bits per heavy atom. The lowest BCUT2D eigenvalue weighted by molar-refractivity contribution is -0.274. The van der Waals surface area contributed by atoms with E-state index in [0.29, 0.717) is 18.0 Å². The van der Waals surface area contributed by atoms with E-state index in [1.165, 1.54) is 30.3 Å². The fourth-order valence-corrected chi connectivity index (χ4v) is 3.85. The summed E-state index contributed by atoms with van der Waals surface area (Å²) < 4.78 is 46.1. The summed E-state index contributed by atoms with van der Waals surface area (Å²) in [7, 11) is 0. The number of hydrogen-bond acceptors (Lipinski definition) is 5. The first-order chi connectivity index (χ1) is 14.4. The molecule has 168 valence electrons. The molecule has 1 amide bonds. The molecule has 1 unspecified atom stereocenters. The molecule has 2 heterocycles. The molecule has 3 rings (SSSR count). The van der Waals surface area contributed by atoms with Gasteiger partial charge in [-0.15, -0.1) is 13.2 Å². The van der Waals surface area contributed by atoms with E-state index in [4.69, 9.17) is 4.52 Å². The van der Waals surface area contributed by atoms with Crippen molar-refractivity contribution in [2.45, 2.75) is 52.1 Å². The molecule has 6 nitrogen and oxygen atoms in total. The van der Waals surface area contributed by atoms with Gasteiger partial charge in [-0.25, -0.2) is 0 Å². The Hall–Kier alpha value is -2.97. The second-order valence-corrected chi connectivity index (χ2v) is 8.68. The Kier molecular flexibility index (Phi) is 6.07. The van der Waals surface area contributed by atoms with Gasteiger partial charge in [-0.05, 0) is 50.5 Å². The Balaban J connectivity index is 1.82. The molecule has 9 heteroatoms. The van der Waals surface area contributed by atoms with Gasteiger partial charge in [0.15, 0.2) is 11.5 Å². The molecule has 1 aromatic carbocycles. The van der Waals surface area contributed by atoms with E-state index in [9.17, 15) is 18.0 Å². The minimum atomic E-state index is -4.76. The number of nitrogens with one attached hydrogen (secondary N) is 1. The minimum Gasteiger partial charge on any atom is -0.406 e. The maximum absolute atomic E-state index is 13.3. The molecule has 1 atom stereocenters. The van der Waals surface area contributed by atoms with Crippen molar-refractivity contribution in [3.8, 4) is 17.1 Å². The van der Waals surface area contributed by atoms with Gasteiger partial charge >= 0.3 is 6.36 Å². The third-order valence-electron chi connectivity index (χ3n) is 5.13. The maximum Gasteiger partial charge on any atom is 0.573 e. The van der Waals surface area contributed by atoms with E-state index < -0.39 is 6.36 Å². The number of alkyl halides is 3. The number of nitrogens with zero attached hydrogens (tertiary/aromatic N) is 2. The highest BCUT2D eigenvalue weighted by atomic mass is 19.4. The zero-order chi connectivity index (χ0) is 23.0. The fraction of sp³-hybridized carbons (Fsp3) is 0.455. The van der Waals surface area contributed by atoms with Crippen molar-refractivity contribution in [1.82, 2.24) is 15.4 Å². The lowest BCUT2D eigenvalue weighted by Crippen LogP contribution is -2.64. The highest BCUT2D eigenvalue weighted by molar-refractivity contribution is 5.93. The van der Waals surface area contributed by atoms with Crippen LogP contribution in [0.1, 0.15) is 44.6 Å². The molecular weight excluding hydrogens is 411 g/mol. The van der Waals surface area contributed by atoms with E-state index >= 15 is 0 Å². The summed E-state index contributed by atoms with van der Waals surface area (Å²) in [6.45, 7) is 12.6. The molecule has 0 bridgehead atoms. The SMILES string of the molecule is C=C1CN(C(=O)c2cc(-c3ccc(OC(F)(F)F)cc3)on2)C(CC(C)C)C(C)(C)N1. The number of halogens is 3. The van der Waals surface area contributed by atoms with Crippen LogP contribution >= 0.6 is 0 Å². The van der Waals surface area contributed by atoms with Crippen LogP contribution in [0.2, 0.25) is 0 Å². The van der Waals surface area contributed by atoms with Crippen LogP contribution in [-0.2, 0) is 0 Å². The number of amides is 1. The predicted octanol–water partition coefficient (Wildman–Crippen LogP) is 4.99. The number of aromatic nitrogens is 1. The predicted molar refractivity (Wildman–Crippen MR) is 109 cm³/mol. The molecule has 0 saturated carbocycles. The number of rotatable bonds is 5. The lowest BCUT2D eigenvalue weighted by atomic mass is 9.84. The number of piperazine rings is 1. The average molecular weight is 437 g/mol. The van der Waals surface area contributed by atoms with Gasteiger partial charge in [0.25, 0.3) is 5.91 Å². The van der Waals surface area contributed by atoms with E-state index in [1.807, 2.05) is 13.8 Å². The number of ether oxygens (including phenoxy) is 1. The topological polar surface area (TPSA) is 67.6 Å². The largest absolute Gasteiger partial charge is 0.573 e. The molecule has 1 N–H and O–H groups in total. The van der Waals surface area contributed by atoms with Crippen molar-refractivity contribution in [3.63, 3.8) is 0 Å². The summed E-state index contributed by atoms with van der Waals surface area (Å²) in [4.78, 5) is 15.0. The third-order valence-corrected chi connectivity index (χ3v) is 5.13. The Labute approximate surface area is 179 Å². The second kappa shape index (κ2) is 8.28. The van der Waals surface area contributed by atoms with Crippen molar-refractivity contribution in [2.75, 3.05) is 6.54 Å². The van der Waals surface area contributed by atoms with Crippen LogP contribution in [0.3, 0.4) is 0 Å². The highest BCUT2D eigenvalue weighted by Crippen LogP contribution is 2.31. The molecule has 0 aliphatic carbocycles. The molecule has 1 aliphatic rings. The van der Waals surface area contributed by atoms with Crippen LogP contribution in [0, 0.1) is 5.92 Å². The summed E-state index contributed by atoms with van der Waals surface area (Å²) in [6.07, 6.45) is -3.97. The zero-order valence-electron chi connectivity index (χ0n) is 17.9. The van der Waals surface area contributed by atoms with Crippen LogP contribution in [0.25, 0.3) is 11.3 Å². The summed E-state index contributed by atoms with van der Waals surface area (Å²) >= 11 is 0. The standard InChI is InChI=1S/C22H26F3N3O3/c1-13(2)10-19-21(4,5)26-14(3)12-28(19)20(29)17-11-18(31-27-17)15-6-8-16(9-7-15)30-22(23,24)25/h6-9,11,13,19,26H,3,10,12H2,1-2,4-5H3. The Morgan fingerprint density at radius 1 is 1.35 bits per heavy atom. The van der Waals surface area contributed by atoms with E-state index in [0.717, 1.165) is 12.1 Å². The Bertz CT molecular complexity index is 949. The highest BCUT2D eigenvalue weighted by Gasteiger charge is 2.42. The normalized spacial score (nSPS) is 18.8. The van der Waals surface area contributed by atoms with Crippen LogP contribution < -0.4 is 10.1 Å². The zero-order valence-corrected chi connectivity index (χ0v) is 17.9. The smallest absolute Gasteiger partial charge is 0.406 e. The van der Waals surface area contributed by atoms with Crippen molar-refractivity contribution < 1.29 is 27.2 Å². The number of carbonyl (C=O) groups is 1. The van der Waals surface area contributed by atoms with Gasteiger partial charge in [-0.1, -0.05) is 25.6 Å². The van der Waals surface area contributed by atoms with Crippen LogP contribution in [0.15, 0.2) is 47.1 Å². The lowest BCUT2D eigenvalue weighted by Gasteiger charge is -2.49. The molecule has 31 heavy (non-hydrogen) atoms. The van der Waals surface area contributed by atoms with Crippen molar-refractivity contribution in [1.29, 1.82) is 0 Å². The first-order valence-electron chi connectivity index (χ1n) is 9.95. The van der Waals surface area contributed by atoms with Crippen molar-refractivity contribution in [2.24, 2.45) is 5.92 Å². The van der Waals surface area contributed by atoms with Gasteiger partial charge in [0, 0.05) is 17.3 Å². The monoisotopic (exact) mass is 437 g/mol. The quantitative estimate of drug-likeness (QED) is 0.714. The molecule has 1 aromatic heterocycles. The fourth-order valence-electron chi connectivity index (χ4n) is 3.85. The van der Waals surface area contributed by atoms with Crippen molar-refractivity contribution >= 4 is 5.91 Å². The molecule has 1 aliphatic heterocycles. The van der Waals surface area contributed by atoms with Crippen LogP contribution in [0.4, 0.5) is 13.2 Å². The summed E-state index contributed by atoms with van der Waals surface area (Å²) in [6, 6.07) is 6.58. The van der Waals surface area contributed by atoms with Gasteiger partial charge in [0.05, 0.1) is 18.1 Å². The van der Waals surface area contributed by atoms with E-state index in [-0.39, 0.29) is 34.7 Å². The first-order valence-corrected chi connectivity index (χ1v) is 9.95. The first kappa shape index (κ1) is 22.7. The summed E-state index contributed by atoms with van der Waals surface area (Å²) in [5.41, 5.74) is 0.980.